The fourth-order valence-corrected chi connectivity index (χ4v) is 1.54. The van der Waals surface area contributed by atoms with Crippen molar-refractivity contribution in [2.24, 2.45) is 5.41 Å². The van der Waals surface area contributed by atoms with E-state index in [0.717, 1.165) is 6.08 Å². The van der Waals surface area contributed by atoms with Gasteiger partial charge in [-0.15, -0.1) is 0 Å². The van der Waals surface area contributed by atoms with Crippen LogP contribution in [0, 0.1) is 5.41 Å². The van der Waals surface area contributed by atoms with Crippen LogP contribution in [0.15, 0.2) is 12.2 Å². The number of ether oxygens (including phenoxy) is 1. The van der Waals surface area contributed by atoms with Crippen molar-refractivity contribution in [2.45, 2.75) is 37.9 Å². The molecule has 1 aliphatic carbocycles. The maximum atomic E-state index is 12.9. The molecular weight excluding hydrogens is 282 g/mol. The normalized spacial score (nSPS) is 29.5. The topological polar surface area (TPSA) is 46.5 Å². The third-order valence-corrected chi connectivity index (χ3v) is 2.75. The summed E-state index contributed by atoms with van der Waals surface area (Å²) < 4.78 is 77.5. The Labute approximate surface area is 103 Å². The van der Waals surface area contributed by atoms with Crippen molar-refractivity contribution >= 4 is 5.97 Å². The number of carboxylic acid groups (broad SMARTS) is 1. The molecule has 0 aromatic carbocycles. The number of allylic oxidation sites excluding steroid dienone is 1. The Morgan fingerprint density at radius 1 is 1.42 bits per heavy atom. The molecule has 3 unspecified atom stereocenters. The fraction of sp³-hybridized carbons (Fsp3) is 0.700. The first-order valence-corrected chi connectivity index (χ1v) is 5.10. The van der Waals surface area contributed by atoms with Crippen LogP contribution in [0.25, 0.3) is 0 Å². The van der Waals surface area contributed by atoms with Gasteiger partial charge in [-0.3, -0.25) is 4.79 Å². The summed E-state index contributed by atoms with van der Waals surface area (Å²) >= 11 is 0. The minimum atomic E-state index is -6.10. The third kappa shape index (κ3) is 2.70. The van der Waals surface area contributed by atoms with Crippen molar-refractivity contribution in [3.8, 4) is 0 Å². The van der Waals surface area contributed by atoms with E-state index in [1.54, 1.807) is 0 Å². The molecular formula is C10H10F6O3. The maximum Gasteiger partial charge on any atom is 0.459 e. The first kappa shape index (κ1) is 15.8. The summed E-state index contributed by atoms with van der Waals surface area (Å²) in [5.74, 6) is -7.16. The third-order valence-electron chi connectivity index (χ3n) is 2.75. The minimum absolute atomic E-state index is 0.360. The number of halogens is 6. The van der Waals surface area contributed by atoms with E-state index in [-0.39, 0.29) is 6.42 Å². The SMILES string of the molecule is CC=CC1(C(=O)O)CC1OC(F)C(F)(F)C(F)(F)F. The number of hydrogen-bond acceptors (Lipinski definition) is 2. The summed E-state index contributed by atoms with van der Waals surface area (Å²) in [6.07, 6.45) is -9.62. The summed E-state index contributed by atoms with van der Waals surface area (Å²) in [4.78, 5) is 10.8. The van der Waals surface area contributed by atoms with Crippen LogP contribution in [0.3, 0.4) is 0 Å². The van der Waals surface area contributed by atoms with Crippen LogP contribution in [0.4, 0.5) is 26.3 Å². The van der Waals surface area contributed by atoms with E-state index in [1.165, 1.54) is 13.0 Å². The lowest BCUT2D eigenvalue weighted by Crippen LogP contribution is -2.46. The number of aliphatic carboxylic acids is 1. The summed E-state index contributed by atoms with van der Waals surface area (Å²) in [7, 11) is 0. The van der Waals surface area contributed by atoms with Crippen LogP contribution >= 0.6 is 0 Å². The van der Waals surface area contributed by atoms with Gasteiger partial charge in [-0.2, -0.15) is 22.0 Å². The molecule has 110 valence electrons. The Balaban J connectivity index is 2.76. The molecule has 0 aromatic heterocycles. The standard InChI is InChI=1S/C10H10F6O3/c1-2-3-8(7(17)18)4-5(8)19-6(11)9(12,13)10(14,15)16/h2-3,5-6H,4H2,1H3,(H,17,18). The Morgan fingerprint density at radius 3 is 2.32 bits per heavy atom. The number of carboxylic acids is 1. The average molecular weight is 292 g/mol. The van der Waals surface area contributed by atoms with Crippen molar-refractivity contribution in [3.05, 3.63) is 12.2 Å². The van der Waals surface area contributed by atoms with E-state index in [9.17, 15) is 31.1 Å². The molecule has 3 nitrogen and oxygen atoms in total. The summed E-state index contributed by atoms with van der Waals surface area (Å²) in [5.41, 5.74) is -1.74. The largest absolute Gasteiger partial charge is 0.481 e. The summed E-state index contributed by atoms with van der Waals surface area (Å²) in [6, 6.07) is 0. The molecule has 0 amide bonds. The van der Waals surface area contributed by atoms with Crippen molar-refractivity contribution in [2.75, 3.05) is 0 Å². The maximum absolute atomic E-state index is 12.9. The average Bonchev–Trinajstić information content (AvgIpc) is 2.91. The molecule has 3 atom stereocenters. The number of rotatable bonds is 5. The Hall–Kier alpha value is -1.25. The highest BCUT2D eigenvalue weighted by molar-refractivity contribution is 5.82. The van der Waals surface area contributed by atoms with Crippen LogP contribution in [0.5, 0.6) is 0 Å². The van der Waals surface area contributed by atoms with Crippen LogP contribution in [0.1, 0.15) is 13.3 Å². The highest BCUT2D eigenvalue weighted by atomic mass is 19.4. The van der Waals surface area contributed by atoms with Crippen LogP contribution in [-0.2, 0) is 9.53 Å². The van der Waals surface area contributed by atoms with Gasteiger partial charge >= 0.3 is 18.1 Å². The van der Waals surface area contributed by atoms with Crippen LogP contribution in [0.2, 0.25) is 0 Å². The van der Waals surface area contributed by atoms with E-state index in [2.05, 4.69) is 4.74 Å². The summed E-state index contributed by atoms with van der Waals surface area (Å²) in [5, 5.41) is 8.82. The molecule has 0 bridgehead atoms. The zero-order valence-corrected chi connectivity index (χ0v) is 9.55. The Bertz CT molecular complexity index is 391. The van der Waals surface area contributed by atoms with Gasteiger partial charge in [-0.25, -0.2) is 4.39 Å². The predicted molar refractivity (Wildman–Crippen MR) is 50.3 cm³/mol. The molecule has 0 heterocycles. The van der Waals surface area contributed by atoms with Gasteiger partial charge in [0.05, 0.1) is 6.10 Å². The smallest absolute Gasteiger partial charge is 0.459 e. The van der Waals surface area contributed by atoms with Gasteiger partial charge in [0.25, 0.3) is 6.36 Å². The molecule has 19 heavy (non-hydrogen) atoms. The molecule has 0 spiro atoms. The lowest BCUT2D eigenvalue weighted by atomic mass is 10.1. The van der Waals surface area contributed by atoms with Gasteiger partial charge in [-0.05, 0) is 13.3 Å². The molecule has 1 N–H and O–H groups in total. The molecule has 1 aliphatic rings. The fourth-order valence-electron chi connectivity index (χ4n) is 1.54. The monoisotopic (exact) mass is 292 g/mol. The Morgan fingerprint density at radius 2 is 1.95 bits per heavy atom. The zero-order chi connectivity index (χ0) is 15.1. The summed E-state index contributed by atoms with van der Waals surface area (Å²) in [6.45, 7) is 1.43. The number of hydrogen-bond donors (Lipinski definition) is 1. The number of alkyl halides is 6. The highest BCUT2D eigenvalue weighted by Gasteiger charge is 2.68. The first-order chi connectivity index (χ1) is 8.49. The lowest BCUT2D eigenvalue weighted by Gasteiger charge is -2.23. The van der Waals surface area contributed by atoms with Gasteiger partial charge in [0.1, 0.15) is 5.41 Å². The van der Waals surface area contributed by atoms with E-state index >= 15 is 0 Å². The van der Waals surface area contributed by atoms with Gasteiger partial charge in [-0.1, -0.05) is 12.2 Å². The van der Waals surface area contributed by atoms with E-state index in [4.69, 9.17) is 5.11 Å². The molecule has 1 rings (SSSR count). The van der Waals surface area contributed by atoms with Gasteiger partial charge < -0.3 is 9.84 Å². The predicted octanol–water partition coefficient (Wildman–Crippen LogP) is 2.92. The van der Waals surface area contributed by atoms with Crippen LogP contribution in [-0.4, -0.2) is 35.6 Å². The van der Waals surface area contributed by atoms with Crippen molar-refractivity contribution in [3.63, 3.8) is 0 Å². The molecule has 0 aliphatic heterocycles. The quantitative estimate of drug-likeness (QED) is 0.626. The molecule has 9 heteroatoms. The van der Waals surface area contributed by atoms with Gasteiger partial charge in [0.2, 0.25) is 0 Å². The van der Waals surface area contributed by atoms with Gasteiger partial charge in [0.15, 0.2) is 0 Å². The van der Waals surface area contributed by atoms with Gasteiger partial charge in [0, 0.05) is 0 Å². The molecule has 0 aromatic rings. The van der Waals surface area contributed by atoms with Crippen molar-refractivity contribution in [1.29, 1.82) is 0 Å². The molecule has 0 radical (unpaired) electrons. The van der Waals surface area contributed by atoms with Crippen molar-refractivity contribution < 1.29 is 41.0 Å². The van der Waals surface area contributed by atoms with E-state index in [1.807, 2.05) is 0 Å². The lowest BCUT2D eigenvalue weighted by molar-refractivity contribution is -0.343. The second-order valence-corrected chi connectivity index (χ2v) is 4.11. The second-order valence-electron chi connectivity index (χ2n) is 4.11. The van der Waals surface area contributed by atoms with E-state index < -0.39 is 35.9 Å². The van der Waals surface area contributed by atoms with Crippen molar-refractivity contribution in [1.82, 2.24) is 0 Å². The first-order valence-electron chi connectivity index (χ1n) is 5.10. The number of carbonyl (C=O) groups is 1. The molecule has 0 saturated heterocycles. The molecule has 1 fully saturated rings. The zero-order valence-electron chi connectivity index (χ0n) is 9.55. The molecule has 1 saturated carbocycles. The van der Waals surface area contributed by atoms with Crippen LogP contribution < -0.4 is 0 Å². The highest BCUT2D eigenvalue weighted by Crippen LogP contribution is 2.52. The van der Waals surface area contributed by atoms with E-state index in [0.29, 0.717) is 0 Å². The minimum Gasteiger partial charge on any atom is -0.481 e. The Kier molecular flexibility index (Phi) is 3.91. The second kappa shape index (κ2) is 4.69.